The lowest BCUT2D eigenvalue weighted by atomic mass is 10.1. The van der Waals surface area contributed by atoms with Crippen molar-refractivity contribution in [2.45, 2.75) is 20.3 Å². The predicted octanol–water partition coefficient (Wildman–Crippen LogP) is 6.10. The van der Waals surface area contributed by atoms with Gasteiger partial charge in [0, 0.05) is 16.5 Å². The zero-order valence-electron chi connectivity index (χ0n) is 18.6. The molecule has 0 aliphatic heterocycles. The molecule has 168 valence electrons. The van der Waals surface area contributed by atoms with E-state index in [2.05, 4.69) is 5.32 Å². The van der Waals surface area contributed by atoms with Gasteiger partial charge in [0.2, 0.25) is 5.78 Å². The van der Waals surface area contributed by atoms with Crippen LogP contribution in [0, 0.1) is 0 Å². The number of benzene rings is 3. The molecule has 0 saturated carbocycles. The Morgan fingerprint density at radius 1 is 0.848 bits per heavy atom. The summed E-state index contributed by atoms with van der Waals surface area (Å²) in [6, 6.07) is 21.0. The van der Waals surface area contributed by atoms with Crippen molar-refractivity contribution in [3.05, 3.63) is 89.7 Å². The van der Waals surface area contributed by atoms with E-state index in [1.54, 1.807) is 54.6 Å². The third-order valence-electron chi connectivity index (χ3n) is 5.04. The Hall–Kier alpha value is -4.06. The van der Waals surface area contributed by atoms with Crippen molar-refractivity contribution in [2.75, 3.05) is 18.5 Å². The average Bonchev–Trinajstić information content (AvgIpc) is 3.21. The van der Waals surface area contributed by atoms with Gasteiger partial charge < -0.3 is 19.2 Å². The topological polar surface area (TPSA) is 77.8 Å². The lowest BCUT2D eigenvalue weighted by Crippen LogP contribution is -2.14. The van der Waals surface area contributed by atoms with Crippen LogP contribution in [0.2, 0.25) is 0 Å². The monoisotopic (exact) mass is 443 g/mol. The SMILES string of the molecule is CCCOc1cccc(C(=O)Nc2c(C(=O)c3ccc(OCC)cc3)oc3ccccc23)c1. The number of rotatable bonds is 9. The van der Waals surface area contributed by atoms with Crippen LogP contribution in [0.15, 0.2) is 77.2 Å². The molecule has 0 saturated heterocycles. The summed E-state index contributed by atoms with van der Waals surface area (Å²) >= 11 is 0. The lowest BCUT2D eigenvalue weighted by molar-refractivity contribution is 0.101. The van der Waals surface area contributed by atoms with Crippen molar-refractivity contribution in [2.24, 2.45) is 0 Å². The maximum absolute atomic E-state index is 13.3. The number of hydrogen-bond acceptors (Lipinski definition) is 5. The maximum atomic E-state index is 13.3. The molecule has 33 heavy (non-hydrogen) atoms. The third kappa shape index (κ3) is 4.90. The van der Waals surface area contributed by atoms with Crippen LogP contribution >= 0.6 is 0 Å². The van der Waals surface area contributed by atoms with Crippen LogP contribution in [-0.2, 0) is 0 Å². The Bertz CT molecular complexity index is 1270. The number of para-hydroxylation sites is 1. The average molecular weight is 443 g/mol. The Balaban J connectivity index is 1.67. The summed E-state index contributed by atoms with van der Waals surface area (Å²) in [5.41, 5.74) is 1.72. The van der Waals surface area contributed by atoms with E-state index in [9.17, 15) is 9.59 Å². The molecule has 0 unspecified atom stereocenters. The number of carbonyl (C=O) groups is 2. The summed E-state index contributed by atoms with van der Waals surface area (Å²) in [4.78, 5) is 26.4. The normalized spacial score (nSPS) is 10.7. The Morgan fingerprint density at radius 3 is 2.39 bits per heavy atom. The number of hydrogen-bond donors (Lipinski definition) is 1. The highest BCUT2D eigenvalue weighted by Gasteiger charge is 2.24. The van der Waals surface area contributed by atoms with Gasteiger partial charge in [-0.15, -0.1) is 0 Å². The smallest absolute Gasteiger partial charge is 0.255 e. The summed E-state index contributed by atoms with van der Waals surface area (Å²) < 4.78 is 17.0. The highest BCUT2D eigenvalue weighted by atomic mass is 16.5. The molecule has 0 bridgehead atoms. The van der Waals surface area contributed by atoms with Gasteiger partial charge in [0.25, 0.3) is 5.91 Å². The van der Waals surface area contributed by atoms with E-state index in [0.29, 0.717) is 52.5 Å². The fourth-order valence-electron chi connectivity index (χ4n) is 3.46. The quantitative estimate of drug-likeness (QED) is 0.316. The second-order valence-corrected chi connectivity index (χ2v) is 7.42. The van der Waals surface area contributed by atoms with E-state index in [1.807, 2.05) is 32.0 Å². The molecule has 1 heterocycles. The molecule has 0 atom stereocenters. The first-order chi connectivity index (χ1) is 16.1. The van der Waals surface area contributed by atoms with E-state index in [1.165, 1.54) is 0 Å². The van der Waals surface area contributed by atoms with Crippen LogP contribution in [0.1, 0.15) is 46.7 Å². The molecule has 4 aromatic rings. The molecular weight excluding hydrogens is 418 g/mol. The van der Waals surface area contributed by atoms with Gasteiger partial charge in [0.15, 0.2) is 5.76 Å². The molecule has 3 aromatic carbocycles. The fraction of sp³-hybridized carbons (Fsp3) is 0.185. The van der Waals surface area contributed by atoms with Gasteiger partial charge in [-0.05, 0) is 67.9 Å². The van der Waals surface area contributed by atoms with Gasteiger partial charge in [-0.25, -0.2) is 0 Å². The molecule has 0 aliphatic carbocycles. The zero-order chi connectivity index (χ0) is 23.2. The molecule has 0 radical (unpaired) electrons. The molecular formula is C27H25NO5. The van der Waals surface area contributed by atoms with Crippen LogP contribution in [0.3, 0.4) is 0 Å². The number of amides is 1. The molecule has 0 aliphatic rings. The minimum absolute atomic E-state index is 0.0760. The Morgan fingerprint density at radius 2 is 1.64 bits per heavy atom. The van der Waals surface area contributed by atoms with E-state index < -0.39 is 0 Å². The third-order valence-corrected chi connectivity index (χ3v) is 5.04. The first-order valence-corrected chi connectivity index (χ1v) is 10.9. The summed E-state index contributed by atoms with van der Waals surface area (Å²) in [5.74, 6) is 0.686. The van der Waals surface area contributed by atoms with Gasteiger partial charge in [-0.3, -0.25) is 9.59 Å². The predicted molar refractivity (Wildman–Crippen MR) is 127 cm³/mol. The summed E-state index contributed by atoms with van der Waals surface area (Å²) in [6.45, 7) is 5.02. The van der Waals surface area contributed by atoms with Crippen LogP contribution in [0.4, 0.5) is 5.69 Å². The Labute approximate surface area is 192 Å². The van der Waals surface area contributed by atoms with E-state index in [0.717, 1.165) is 6.42 Å². The summed E-state index contributed by atoms with van der Waals surface area (Å²) in [6.07, 6.45) is 0.869. The number of nitrogens with one attached hydrogen (secondary N) is 1. The van der Waals surface area contributed by atoms with Crippen molar-refractivity contribution in [1.82, 2.24) is 0 Å². The second kappa shape index (κ2) is 10.0. The van der Waals surface area contributed by atoms with Crippen molar-refractivity contribution in [3.63, 3.8) is 0 Å². The van der Waals surface area contributed by atoms with Crippen molar-refractivity contribution in [1.29, 1.82) is 0 Å². The minimum atomic E-state index is -0.357. The van der Waals surface area contributed by atoms with Crippen LogP contribution in [0.25, 0.3) is 11.0 Å². The van der Waals surface area contributed by atoms with Crippen LogP contribution < -0.4 is 14.8 Å². The molecule has 6 nitrogen and oxygen atoms in total. The largest absolute Gasteiger partial charge is 0.494 e. The van der Waals surface area contributed by atoms with Crippen molar-refractivity contribution < 1.29 is 23.5 Å². The molecule has 1 N–H and O–H groups in total. The first kappa shape index (κ1) is 22.1. The van der Waals surface area contributed by atoms with E-state index in [4.69, 9.17) is 13.9 Å². The standard InChI is InChI=1S/C27H25NO5/c1-3-16-32-21-9-7-8-19(17-21)27(30)28-24-22-10-5-6-11-23(22)33-26(24)25(29)18-12-14-20(15-13-18)31-4-2/h5-15,17H,3-4,16H2,1-2H3,(H,28,30). The number of anilines is 1. The molecule has 6 heteroatoms. The molecule has 1 amide bonds. The Kier molecular flexibility index (Phi) is 6.74. The molecule has 0 fully saturated rings. The van der Waals surface area contributed by atoms with Gasteiger partial charge in [-0.1, -0.05) is 25.1 Å². The van der Waals surface area contributed by atoms with Gasteiger partial charge in [0.1, 0.15) is 17.1 Å². The molecule has 1 aromatic heterocycles. The summed E-state index contributed by atoms with van der Waals surface area (Å²) in [5, 5.41) is 3.53. The molecule has 0 spiro atoms. The lowest BCUT2D eigenvalue weighted by Gasteiger charge is -2.09. The highest BCUT2D eigenvalue weighted by molar-refractivity contribution is 6.18. The first-order valence-electron chi connectivity index (χ1n) is 10.9. The molecule has 4 rings (SSSR count). The van der Waals surface area contributed by atoms with Crippen LogP contribution in [0.5, 0.6) is 11.5 Å². The number of fused-ring (bicyclic) bond motifs is 1. The van der Waals surface area contributed by atoms with Gasteiger partial charge in [-0.2, -0.15) is 0 Å². The van der Waals surface area contributed by atoms with Crippen LogP contribution in [-0.4, -0.2) is 24.9 Å². The fourth-order valence-corrected chi connectivity index (χ4v) is 3.46. The number of ether oxygens (including phenoxy) is 2. The zero-order valence-corrected chi connectivity index (χ0v) is 18.6. The minimum Gasteiger partial charge on any atom is -0.494 e. The van der Waals surface area contributed by atoms with Gasteiger partial charge in [0.05, 0.1) is 18.9 Å². The number of carbonyl (C=O) groups excluding carboxylic acids is 2. The number of ketones is 1. The second-order valence-electron chi connectivity index (χ2n) is 7.42. The highest BCUT2D eigenvalue weighted by Crippen LogP contribution is 2.33. The number of furan rings is 1. The van der Waals surface area contributed by atoms with E-state index >= 15 is 0 Å². The van der Waals surface area contributed by atoms with Crippen molar-refractivity contribution in [3.8, 4) is 11.5 Å². The van der Waals surface area contributed by atoms with Crippen molar-refractivity contribution >= 4 is 28.3 Å². The maximum Gasteiger partial charge on any atom is 0.255 e. The summed E-state index contributed by atoms with van der Waals surface area (Å²) in [7, 11) is 0. The van der Waals surface area contributed by atoms with Gasteiger partial charge >= 0.3 is 0 Å². The van der Waals surface area contributed by atoms with E-state index in [-0.39, 0.29) is 17.5 Å².